The third-order valence-electron chi connectivity index (χ3n) is 2.93. The summed E-state index contributed by atoms with van der Waals surface area (Å²) in [5.74, 6) is -1.13. The average Bonchev–Trinajstić information content (AvgIpc) is 2.45. The van der Waals surface area contributed by atoms with Crippen LogP contribution in [0.4, 0.5) is 0 Å². The van der Waals surface area contributed by atoms with Crippen molar-refractivity contribution in [3.8, 4) is 5.75 Å². The molecular weight excluding hydrogens is 336 g/mol. The summed E-state index contributed by atoms with van der Waals surface area (Å²) in [7, 11) is 0. The highest BCUT2D eigenvalue weighted by atomic mass is 79.9. The largest absolute Gasteiger partial charge is 0.488 e. The van der Waals surface area contributed by atoms with Gasteiger partial charge in [0.25, 0.3) is 0 Å². The van der Waals surface area contributed by atoms with E-state index in [4.69, 9.17) is 4.74 Å². The Morgan fingerprint density at radius 2 is 1.81 bits per heavy atom. The molecule has 5 heteroatoms. The zero-order valence-electron chi connectivity index (χ0n) is 11.3. The molecule has 2 aromatic rings. The van der Waals surface area contributed by atoms with Gasteiger partial charge in [-0.05, 0) is 40.5 Å². The molecule has 0 aliphatic rings. The third-order valence-corrected chi connectivity index (χ3v) is 3.76. The van der Waals surface area contributed by atoms with E-state index in [1.807, 2.05) is 30.3 Å². The molecule has 108 valence electrons. The molecule has 0 heterocycles. The molecule has 0 spiro atoms. The summed E-state index contributed by atoms with van der Waals surface area (Å²) in [5, 5.41) is 9.33. The Labute approximate surface area is 130 Å². The Morgan fingerprint density at radius 3 is 2.38 bits per heavy atom. The Bertz CT molecular complexity index is 680. The number of carboxylic acids is 1. The molecule has 2 aromatic carbocycles. The number of hydrogen-bond acceptors (Lipinski definition) is 3. The summed E-state index contributed by atoms with van der Waals surface area (Å²) in [6, 6.07) is 12.5. The molecule has 0 aromatic heterocycles. The van der Waals surface area contributed by atoms with Crippen LogP contribution < -0.4 is 4.74 Å². The second kappa shape index (κ2) is 6.54. The Kier molecular flexibility index (Phi) is 4.75. The zero-order chi connectivity index (χ0) is 15.4. The second-order valence-electron chi connectivity index (χ2n) is 4.44. The number of halogens is 1. The number of ether oxygens (including phenoxy) is 1. The number of rotatable bonds is 5. The predicted molar refractivity (Wildman–Crippen MR) is 81.9 cm³/mol. The zero-order valence-corrected chi connectivity index (χ0v) is 12.9. The Morgan fingerprint density at radius 1 is 1.14 bits per heavy atom. The molecule has 21 heavy (non-hydrogen) atoms. The minimum Gasteiger partial charge on any atom is -0.488 e. The topological polar surface area (TPSA) is 63.6 Å². The lowest BCUT2D eigenvalue weighted by atomic mass is 10.1. The first-order chi connectivity index (χ1) is 10.0. The van der Waals surface area contributed by atoms with Gasteiger partial charge in [-0.15, -0.1) is 0 Å². The van der Waals surface area contributed by atoms with Crippen LogP contribution in [-0.2, 0) is 6.61 Å². The molecule has 2 rings (SSSR count). The maximum absolute atomic E-state index is 11.5. The Hall–Kier alpha value is -2.14. The quantitative estimate of drug-likeness (QED) is 0.831. The van der Waals surface area contributed by atoms with E-state index in [1.54, 1.807) is 6.07 Å². The van der Waals surface area contributed by atoms with Gasteiger partial charge in [-0.2, -0.15) is 0 Å². The van der Waals surface area contributed by atoms with Gasteiger partial charge in [-0.1, -0.05) is 30.3 Å². The molecule has 0 radical (unpaired) electrons. The van der Waals surface area contributed by atoms with Gasteiger partial charge in [0.05, 0.1) is 0 Å². The summed E-state index contributed by atoms with van der Waals surface area (Å²) in [6.45, 7) is 1.64. The summed E-state index contributed by atoms with van der Waals surface area (Å²) in [4.78, 5) is 22.9. The molecule has 0 atom stereocenters. The summed E-state index contributed by atoms with van der Waals surface area (Å²) >= 11 is 3.18. The highest BCUT2D eigenvalue weighted by Gasteiger charge is 2.20. The summed E-state index contributed by atoms with van der Waals surface area (Å²) in [5.41, 5.74) is 1.21. The van der Waals surface area contributed by atoms with Crippen molar-refractivity contribution >= 4 is 27.7 Å². The SMILES string of the molecule is CC(=O)c1ccc(OCc2ccccc2)c(C(=O)O)c1Br. The lowest BCUT2D eigenvalue weighted by Crippen LogP contribution is -2.07. The van der Waals surface area contributed by atoms with Gasteiger partial charge in [0.1, 0.15) is 17.9 Å². The standard InChI is InChI=1S/C16H13BrO4/c1-10(18)12-7-8-13(14(15(12)17)16(19)20)21-9-11-5-3-2-4-6-11/h2-8H,9H2,1H3,(H,19,20). The van der Waals surface area contributed by atoms with E-state index < -0.39 is 5.97 Å². The molecule has 0 aliphatic carbocycles. The van der Waals surface area contributed by atoms with Gasteiger partial charge < -0.3 is 9.84 Å². The minimum atomic E-state index is -1.15. The van der Waals surface area contributed by atoms with E-state index in [0.29, 0.717) is 5.56 Å². The highest BCUT2D eigenvalue weighted by Crippen LogP contribution is 2.31. The normalized spacial score (nSPS) is 10.2. The van der Waals surface area contributed by atoms with Crippen LogP contribution >= 0.6 is 15.9 Å². The van der Waals surface area contributed by atoms with Crippen LogP contribution in [0.3, 0.4) is 0 Å². The van der Waals surface area contributed by atoms with Crippen molar-refractivity contribution in [2.75, 3.05) is 0 Å². The van der Waals surface area contributed by atoms with Crippen LogP contribution in [0.25, 0.3) is 0 Å². The molecule has 4 nitrogen and oxygen atoms in total. The number of aromatic carboxylic acids is 1. The number of carbonyl (C=O) groups is 2. The highest BCUT2D eigenvalue weighted by molar-refractivity contribution is 9.10. The van der Waals surface area contributed by atoms with E-state index >= 15 is 0 Å². The van der Waals surface area contributed by atoms with Crippen molar-refractivity contribution in [3.05, 3.63) is 63.6 Å². The van der Waals surface area contributed by atoms with Crippen LogP contribution in [0, 0.1) is 0 Å². The molecule has 0 fully saturated rings. The van der Waals surface area contributed by atoms with Crippen molar-refractivity contribution in [3.63, 3.8) is 0 Å². The predicted octanol–water partition coefficient (Wildman–Crippen LogP) is 3.93. The Balaban J connectivity index is 2.33. The van der Waals surface area contributed by atoms with Crippen molar-refractivity contribution in [1.29, 1.82) is 0 Å². The van der Waals surface area contributed by atoms with Crippen LogP contribution in [-0.4, -0.2) is 16.9 Å². The van der Waals surface area contributed by atoms with Crippen molar-refractivity contribution in [2.24, 2.45) is 0 Å². The minimum absolute atomic E-state index is 0.0429. The van der Waals surface area contributed by atoms with Gasteiger partial charge >= 0.3 is 5.97 Å². The van der Waals surface area contributed by atoms with Crippen LogP contribution in [0.5, 0.6) is 5.75 Å². The number of carboxylic acid groups (broad SMARTS) is 1. The van der Waals surface area contributed by atoms with Crippen LogP contribution in [0.15, 0.2) is 46.9 Å². The van der Waals surface area contributed by atoms with Crippen molar-refractivity contribution in [2.45, 2.75) is 13.5 Å². The molecule has 1 N–H and O–H groups in total. The first-order valence-corrected chi connectivity index (χ1v) is 7.03. The van der Waals surface area contributed by atoms with Gasteiger partial charge in [0, 0.05) is 10.0 Å². The maximum atomic E-state index is 11.5. The number of Topliss-reactive ketones (excluding diaryl/α,β-unsaturated/α-hetero) is 1. The first kappa shape index (κ1) is 15.3. The van der Waals surface area contributed by atoms with E-state index in [9.17, 15) is 14.7 Å². The molecule has 0 bridgehead atoms. The third kappa shape index (κ3) is 3.49. The van der Waals surface area contributed by atoms with Crippen molar-refractivity contribution in [1.82, 2.24) is 0 Å². The molecule has 0 saturated heterocycles. The summed E-state index contributed by atoms with van der Waals surface area (Å²) in [6.07, 6.45) is 0. The van der Waals surface area contributed by atoms with E-state index in [0.717, 1.165) is 5.56 Å². The molecule has 0 unspecified atom stereocenters. The number of hydrogen-bond donors (Lipinski definition) is 1. The maximum Gasteiger partial charge on any atom is 0.340 e. The van der Waals surface area contributed by atoms with Gasteiger partial charge in [-0.3, -0.25) is 4.79 Å². The monoisotopic (exact) mass is 348 g/mol. The number of carbonyl (C=O) groups excluding carboxylic acids is 1. The first-order valence-electron chi connectivity index (χ1n) is 6.24. The number of ketones is 1. The van der Waals surface area contributed by atoms with Crippen LogP contribution in [0.1, 0.15) is 33.2 Å². The van der Waals surface area contributed by atoms with E-state index in [1.165, 1.54) is 13.0 Å². The fraction of sp³-hybridized carbons (Fsp3) is 0.125. The van der Waals surface area contributed by atoms with Gasteiger partial charge in [-0.25, -0.2) is 4.79 Å². The fourth-order valence-corrected chi connectivity index (χ4v) is 2.66. The fourth-order valence-electron chi connectivity index (χ4n) is 1.89. The summed E-state index contributed by atoms with van der Waals surface area (Å²) < 4.78 is 5.82. The molecule has 0 amide bonds. The van der Waals surface area contributed by atoms with E-state index in [-0.39, 0.29) is 28.2 Å². The average molecular weight is 349 g/mol. The lowest BCUT2D eigenvalue weighted by Gasteiger charge is -2.12. The van der Waals surface area contributed by atoms with Crippen LogP contribution in [0.2, 0.25) is 0 Å². The van der Waals surface area contributed by atoms with E-state index in [2.05, 4.69) is 15.9 Å². The number of benzene rings is 2. The van der Waals surface area contributed by atoms with Crippen molar-refractivity contribution < 1.29 is 19.4 Å². The van der Waals surface area contributed by atoms with Gasteiger partial charge in [0.15, 0.2) is 5.78 Å². The lowest BCUT2D eigenvalue weighted by molar-refractivity contribution is 0.0690. The van der Waals surface area contributed by atoms with Gasteiger partial charge in [0.2, 0.25) is 0 Å². The molecule has 0 saturated carbocycles. The smallest absolute Gasteiger partial charge is 0.340 e. The molecule has 0 aliphatic heterocycles. The second-order valence-corrected chi connectivity index (χ2v) is 5.23. The molecular formula is C16H13BrO4.